The fourth-order valence-corrected chi connectivity index (χ4v) is 4.15. The topological polar surface area (TPSA) is 72.5 Å². The molecule has 6 heteroatoms. The van der Waals surface area contributed by atoms with Gasteiger partial charge in [0, 0.05) is 17.5 Å². The second-order valence-electron chi connectivity index (χ2n) is 6.36. The Bertz CT molecular complexity index is 1050. The number of hydrogen-bond donors (Lipinski definition) is 1. The Balaban J connectivity index is 1.94. The SMILES string of the molecule is COc1ccc2c(c1)C1=C(CC(=O)N2)c2cc(S(C)(=O)=O)ccc2C1. The number of sulfone groups is 1. The van der Waals surface area contributed by atoms with Crippen LogP contribution in [-0.4, -0.2) is 27.7 Å². The van der Waals surface area contributed by atoms with E-state index in [-0.39, 0.29) is 17.2 Å². The van der Waals surface area contributed by atoms with Gasteiger partial charge in [-0.3, -0.25) is 4.79 Å². The molecule has 1 N–H and O–H groups in total. The van der Waals surface area contributed by atoms with E-state index in [9.17, 15) is 13.2 Å². The molecule has 25 heavy (non-hydrogen) atoms. The lowest BCUT2D eigenvalue weighted by Crippen LogP contribution is -2.11. The smallest absolute Gasteiger partial charge is 0.228 e. The van der Waals surface area contributed by atoms with Crippen LogP contribution < -0.4 is 10.1 Å². The van der Waals surface area contributed by atoms with Gasteiger partial charge in [-0.2, -0.15) is 0 Å². The van der Waals surface area contributed by atoms with Crippen LogP contribution in [-0.2, 0) is 21.1 Å². The summed E-state index contributed by atoms with van der Waals surface area (Å²) >= 11 is 0. The monoisotopic (exact) mass is 355 g/mol. The van der Waals surface area contributed by atoms with Crippen molar-refractivity contribution in [3.05, 3.63) is 53.1 Å². The molecular weight excluding hydrogens is 338 g/mol. The summed E-state index contributed by atoms with van der Waals surface area (Å²) in [5, 5.41) is 2.92. The average Bonchev–Trinajstić information content (AvgIpc) is 2.85. The summed E-state index contributed by atoms with van der Waals surface area (Å²) in [6.45, 7) is 0. The first-order valence-corrected chi connectivity index (χ1v) is 9.79. The number of carbonyl (C=O) groups is 1. The Labute approximate surface area is 146 Å². The summed E-state index contributed by atoms with van der Waals surface area (Å²) in [4.78, 5) is 12.6. The van der Waals surface area contributed by atoms with E-state index in [0.717, 1.165) is 39.3 Å². The van der Waals surface area contributed by atoms with E-state index in [0.29, 0.717) is 6.42 Å². The maximum absolute atomic E-state index is 12.3. The molecule has 0 unspecified atom stereocenters. The molecule has 2 aromatic rings. The van der Waals surface area contributed by atoms with Gasteiger partial charge < -0.3 is 10.1 Å². The standard InChI is InChI=1S/C19H17NO4S/c1-24-12-4-6-18-17(8-12)15-7-11-3-5-13(25(2,22)23)9-14(11)16(15)10-19(21)20-18/h3-6,8-9H,7,10H2,1-2H3,(H,20,21). The van der Waals surface area contributed by atoms with E-state index in [1.807, 2.05) is 24.3 Å². The van der Waals surface area contributed by atoms with Crippen LogP contribution in [0.1, 0.15) is 23.1 Å². The molecule has 0 radical (unpaired) electrons. The molecule has 1 amide bonds. The Morgan fingerprint density at radius 1 is 1.00 bits per heavy atom. The molecule has 5 nitrogen and oxygen atoms in total. The van der Waals surface area contributed by atoms with E-state index in [2.05, 4.69) is 5.32 Å². The Kier molecular flexibility index (Phi) is 3.47. The molecule has 0 saturated heterocycles. The second kappa shape index (κ2) is 5.46. The molecule has 0 bridgehead atoms. The van der Waals surface area contributed by atoms with Crippen LogP contribution in [0.15, 0.2) is 41.3 Å². The van der Waals surface area contributed by atoms with E-state index < -0.39 is 9.84 Å². The van der Waals surface area contributed by atoms with E-state index in [4.69, 9.17) is 4.74 Å². The van der Waals surface area contributed by atoms with Gasteiger partial charge in [-0.15, -0.1) is 0 Å². The van der Waals surface area contributed by atoms with Crippen molar-refractivity contribution in [3.63, 3.8) is 0 Å². The molecule has 0 aromatic heterocycles. The Hall–Kier alpha value is -2.60. The number of amides is 1. The predicted molar refractivity (Wildman–Crippen MR) is 96.3 cm³/mol. The van der Waals surface area contributed by atoms with Crippen LogP contribution in [0.25, 0.3) is 11.1 Å². The molecular formula is C19H17NO4S. The van der Waals surface area contributed by atoms with Crippen molar-refractivity contribution in [2.45, 2.75) is 17.7 Å². The highest BCUT2D eigenvalue weighted by Crippen LogP contribution is 2.45. The van der Waals surface area contributed by atoms with Crippen molar-refractivity contribution in [2.75, 3.05) is 18.7 Å². The Morgan fingerprint density at radius 2 is 1.76 bits per heavy atom. The fourth-order valence-electron chi connectivity index (χ4n) is 3.50. The number of hydrogen-bond acceptors (Lipinski definition) is 4. The first kappa shape index (κ1) is 15.9. The number of allylic oxidation sites excluding steroid dienone is 1. The van der Waals surface area contributed by atoms with Gasteiger partial charge in [0.05, 0.1) is 18.4 Å². The lowest BCUT2D eigenvalue weighted by atomic mass is 9.98. The van der Waals surface area contributed by atoms with Crippen molar-refractivity contribution in [1.29, 1.82) is 0 Å². The molecule has 1 heterocycles. The van der Waals surface area contributed by atoms with Gasteiger partial charge in [-0.1, -0.05) is 6.07 Å². The number of rotatable bonds is 2. The number of carbonyl (C=O) groups excluding carboxylic acids is 1. The summed E-state index contributed by atoms with van der Waals surface area (Å²) in [5.74, 6) is 0.614. The third kappa shape index (κ3) is 2.62. The number of nitrogens with one attached hydrogen (secondary N) is 1. The van der Waals surface area contributed by atoms with Gasteiger partial charge in [0.1, 0.15) is 5.75 Å². The molecule has 4 rings (SSSR count). The highest BCUT2D eigenvalue weighted by atomic mass is 32.2. The molecule has 1 aliphatic heterocycles. The maximum Gasteiger partial charge on any atom is 0.228 e. The largest absolute Gasteiger partial charge is 0.497 e. The summed E-state index contributed by atoms with van der Waals surface area (Å²) < 4.78 is 29.1. The average molecular weight is 355 g/mol. The Morgan fingerprint density at radius 3 is 2.48 bits per heavy atom. The first-order chi connectivity index (χ1) is 11.9. The number of benzene rings is 2. The van der Waals surface area contributed by atoms with Crippen LogP contribution in [0.3, 0.4) is 0 Å². The third-order valence-corrected chi connectivity index (χ3v) is 5.84. The lowest BCUT2D eigenvalue weighted by Gasteiger charge is -2.11. The molecule has 2 aliphatic rings. The van der Waals surface area contributed by atoms with E-state index in [1.165, 1.54) is 6.26 Å². The molecule has 0 fully saturated rings. The number of anilines is 1. The van der Waals surface area contributed by atoms with Crippen LogP contribution in [0, 0.1) is 0 Å². The lowest BCUT2D eigenvalue weighted by molar-refractivity contribution is -0.115. The second-order valence-corrected chi connectivity index (χ2v) is 8.38. The van der Waals surface area contributed by atoms with Crippen LogP contribution >= 0.6 is 0 Å². The van der Waals surface area contributed by atoms with Crippen molar-refractivity contribution in [2.24, 2.45) is 0 Å². The molecule has 2 aromatic carbocycles. The molecule has 128 valence electrons. The van der Waals surface area contributed by atoms with Crippen LogP contribution in [0.2, 0.25) is 0 Å². The number of fused-ring (bicyclic) bond motifs is 4. The maximum atomic E-state index is 12.3. The predicted octanol–water partition coefficient (Wildman–Crippen LogP) is 2.91. The summed E-state index contributed by atoms with van der Waals surface area (Å²) in [5.41, 5.74) is 5.52. The zero-order valence-corrected chi connectivity index (χ0v) is 14.7. The van der Waals surface area contributed by atoms with Gasteiger partial charge in [-0.25, -0.2) is 8.42 Å². The van der Waals surface area contributed by atoms with Gasteiger partial charge >= 0.3 is 0 Å². The van der Waals surface area contributed by atoms with Gasteiger partial charge in [0.2, 0.25) is 5.91 Å². The fraction of sp³-hybridized carbons (Fsp3) is 0.211. The zero-order chi connectivity index (χ0) is 17.8. The summed E-state index contributed by atoms with van der Waals surface area (Å²) in [6.07, 6.45) is 2.09. The minimum atomic E-state index is -3.30. The summed E-state index contributed by atoms with van der Waals surface area (Å²) in [6, 6.07) is 10.7. The first-order valence-electron chi connectivity index (χ1n) is 7.90. The minimum Gasteiger partial charge on any atom is -0.497 e. The van der Waals surface area contributed by atoms with E-state index >= 15 is 0 Å². The van der Waals surface area contributed by atoms with Crippen LogP contribution in [0.5, 0.6) is 5.75 Å². The molecule has 0 atom stereocenters. The highest BCUT2D eigenvalue weighted by Gasteiger charge is 2.29. The van der Waals surface area contributed by atoms with Gasteiger partial charge in [0.25, 0.3) is 0 Å². The molecule has 1 aliphatic carbocycles. The minimum absolute atomic E-state index is 0.103. The van der Waals surface area contributed by atoms with Crippen molar-refractivity contribution >= 4 is 32.6 Å². The third-order valence-electron chi connectivity index (χ3n) is 4.73. The van der Waals surface area contributed by atoms with Gasteiger partial charge in [-0.05, 0) is 59.0 Å². The number of ether oxygens (including phenoxy) is 1. The molecule has 0 spiro atoms. The van der Waals surface area contributed by atoms with E-state index in [1.54, 1.807) is 19.2 Å². The highest BCUT2D eigenvalue weighted by molar-refractivity contribution is 7.90. The molecule has 0 saturated carbocycles. The van der Waals surface area contributed by atoms with Crippen molar-refractivity contribution in [1.82, 2.24) is 0 Å². The van der Waals surface area contributed by atoms with Crippen molar-refractivity contribution in [3.8, 4) is 5.75 Å². The number of methoxy groups -OCH3 is 1. The zero-order valence-electron chi connectivity index (χ0n) is 13.9. The van der Waals surface area contributed by atoms with Gasteiger partial charge in [0.15, 0.2) is 9.84 Å². The van der Waals surface area contributed by atoms with Crippen LogP contribution in [0.4, 0.5) is 5.69 Å². The quantitative estimate of drug-likeness (QED) is 0.899. The summed E-state index contributed by atoms with van der Waals surface area (Å²) in [7, 11) is -1.69. The van der Waals surface area contributed by atoms with Crippen molar-refractivity contribution < 1.29 is 17.9 Å². The normalized spacial score (nSPS) is 15.8.